The molecule has 1 aliphatic heterocycles. The van der Waals surface area contributed by atoms with E-state index in [2.05, 4.69) is 10.1 Å². The third kappa shape index (κ3) is 5.35. The summed E-state index contributed by atoms with van der Waals surface area (Å²) in [6.45, 7) is -2.49. The maximum Gasteiger partial charge on any atom is 0.387 e. The van der Waals surface area contributed by atoms with Crippen LogP contribution in [0.25, 0.3) is 0 Å². The van der Waals surface area contributed by atoms with E-state index in [1.54, 1.807) is 0 Å². The van der Waals surface area contributed by atoms with Crippen LogP contribution >= 0.6 is 0 Å². The Morgan fingerprint density at radius 3 is 2.52 bits per heavy atom. The van der Waals surface area contributed by atoms with Gasteiger partial charge in [0.25, 0.3) is 5.91 Å². The first-order valence-corrected chi connectivity index (χ1v) is 9.13. The molecule has 7 nitrogen and oxygen atoms in total. The Bertz CT molecular complexity index is 694. The first-order valence-electron chi connectivity index (χ1n) is 7.52. The fourth-order valence-electron chi connectivity index (χ4n) is 2.38. The normalized spacial score (nSPS) is 20.9. The van der Waals surface area contributed by atoms with Crippen LogP contribution in [0.3, 0.4) is 0 Å². The van der Waals surface area contributed by atoms with Gasteiger partial charge in [0.05, 0.1) is 25.0 Å². The zero-order chi connectivity index (χ0) is 18.6. The minimum atomic E-state index is -3.42. The van der Waals surface area contributed by atoms with Gasteiger partial charge in [0, 0.05) is 25.6 Å². The van der Waals surface area contributed by atoms with Gasteiger partial charge in [-0.05, 0) is 24.3 Å². The van der Waals surface area contributed by atoms with Gasteiger partial charge >= 0.3 is 6.61 Å². The first-order chi connectivity index (χ1) is 11.7. The van der Waals surface area contributed by atoms with Crippen molar-refractivity contribution in [3.63, 3.8) is 0 Å². The molecule has 1 saturated heterocycles. The lowest BCUT2D eigenvalue weighted by Crippen LogP contribution is -2.43. The molecule has 0 radical (unpaired) electrons. The SMILES string of the molecule is CN(C)S(=O)(=O)C[C@@H]1COC[C@H]1NC(=O)c1ccc(OC(F)F)cc1. The van der Waals surface area contributed by atoms with Gasteiger partial charge in [-0.3, -0.25) is 4.79 Å². The minimum Gasteiger partial charge on any atom is -0.435 e. The molecule has 0 bridgehead atoms. The molecule has 1 aromatic rings. The molecule has 2 rings (SSSR count). The molecule has 2 atom stereocenters. The summed E-state index contributed by atoms with van der Waals surface area (Å²) >= 11 is 0. The summed E-state index contributed by atoms with van der Waals surface area (Å²) < 4.78 is 58.9. The van der Waals surface area contributed by atoms with Gasteiger partial charge < -0.3 is 14.8 Å². The summed E-state index contributed by atoms with van der Waals surface area (Å²) in [4.78, 5) is 12.3. The van der Waals surface area contributed by atoms with Crippen LogP contribution in [0, 0.1) is 5.92 Å². The van der Waals surface area contributed by atoms with Crippen molar-refractivity contribution in [3.05, 3.63) is 29.8 Å². The fourth-order valence-corrected chi connectivity index (χ4v) is 3.55. The van der Waals surface area contributed by atoms with E-state index in [0.717, 1.165) is 4.31 Å². The molecule has 0 aromatic heterocycles. The van der Waals surface area contributed by atoms with E-state index >= 15 is 0 Å². The van der Waals surface area contributed by atoms with Crippen LogP contribution in [0.5, 0.6) is 5.75 Å². The van der Waals surface area contributed by atoms with Gasteiger partial charge in [0.15, 0.2) is 0 Å². The predicted octanol–water partition coefficient (Wildman–Crippen LogP) is 0.924. The smallest absolute Gasteiger partial charge is 0.387 e. The summed E-state index contributed by atoms with van der Waals surface area (Å²) in [6, 6.07) is 4.79. The van der Waals surface area contributed by atoms with Crippen molar-refractivity contribution in [3.8, 4) is 5.75 Å². The Morgan fingerprint density at radius 2 is 1.96 bits per heavy atom. The van der Waals surface area contributed by atoms with Crippen molar-refractivity contribution in [2.45, 2.75) is 12.7 Å². The zero-order valence-electron chi connectivity index (χ0n) is 13.8. The molecule has 0 spiro atoms. The molecule has 0 unspecified atom stereocenters. The highest BCUT2D eigenvalue weighted by Gasteiger charge is 2.34. The number of halogens is 2. The molecule has 0 saturated carbocycles. The van der Waals surface area contributed by atoms with Crippen LogP contribution in [0.2, 0.25) is 0 Å². The number of benzene rings is 1. The highest BCUT2D eigenvalue weighted by Crippen LogP contribution is 2.19. The summed E-state index contributed by atoms with van der Waals surface area (Å²) in [6.07, 6.45) is 0. The van der Waals surface area contributed by atoms with E-state index in [4.69, 9.17) is 4.74 Å². The number of hydrogen-bond donors (Lipinski definition) is 1. The molecule has 0 aliphatic carbocycles. The minimum absolute atomic E-state index is 0.0503. The maximum absolute atomic E-state index is 12.3. The van der Waals surface area contributed by atoms with Crippen LogP contribution in [0.15, 0.2) is 24.3 Å². The van der Waals surface area contributed by atoms with Gasteiger partial charge in [-0.15, -0.1) is 0 Å². The molecular weight excluding hydrogens is 358 g/mol. The van der Waals surface area contributed by atoms with Gasteiger partial charge in [0.2, 0.25) is 10.0 Å². The van der Waals surface area contributed by atoms with Crippen molar-refractivity contribution in [2.24, 2.45) is 5.92 Å². The van der Waals surface area contributed by atoms with Crippen molar-refractivity contribution in [1.82, 2.24) is 9.62 Å². The molecule has 140 valence electrons. The number of ether oxygens (including phenoxy) is 2. The van der Waals surface area contributed by atoms with Gasteiger partial charge in [-0.2, -0.15) is 8.78 Å². The van der Waals surface area contributed by atoms with Gasteiger partial charge in [-0.25, -0.2) is 12.7 Å². The van der Waals surface area contributed by atoms with Crippen LogP contribution in [0.4, 0.5) is 8.78 Å². The molecule has 10 heteroatoms. The summed E-state index contributed by atoms with van der Waals surface area (Å²) in [7, 11) is -0.525. The quantitative estimate of drug-likeness (QED) is 0.763. The second kappa shape index (κ2) is 8.07. The van der Waals surface area contributed by atoms with E-state index in [9.17, 15) is 22.0 Å². The van der Waals surface area contributed by atoms with Crippen LogP contribution in [-0.2, 0) is 14.8 Å². The standard InChI is InChI=1S/C15H20F2N2O5S/c1-19(2)25(21,22)9-11-7-23-8-13(11)18-14(20)10-3-5-12(6-4-10)24-15(16)17/h3-6,11,13,15H,7-9H2,1-2H3,(H,18,20)/t11-,13+/m0/s1. The number of sulfonamides is 1. The summed E-state index contributed by atoms with van der Waals surface area (Å²) in [5, 5.41) is 2.73. The molecule has 1 aliphatic rings. The number of nitrogens with one attached hydrogen (secondary N) is 1. The first kappa shape index (κ1) is 19.5. The third-order valence-corrected chi connectivity index (χ3v) is 5.80. The van der Waals surface area contributed by atoms with Gasteiger partial charge in [-0.1, -0.05) is 0 Å². The Labute approximate surface area is 145 Å². The number of carbonyl (C=O) groups excluding carboxylic acids is 1. The Balaban J connectivity index is 1.99. The molecular formula is C15H20F2N2O5S. The fraction of sp³-hybridized carbons (Fsp3) is 0.533. The van der Waals surface area contributed by atoms with Gasteiger partial charge in [0.1, 0.15) is 5.75 Å². The highest BCUT2D eigenvalue weighted by atomic mass is 32.2. The van der Waals surface area contributed by atoms with Crippen molar-refractivity contribution in [2.75, 3.05) is 33.1 Å². The molecule has 1 fully saturated rings. The molecule has 1 aromatic carbocycles. The lowest BCUT2D eigenvalue weighted by molar-refractivity contribution is -0.0498. The average Bonchev–Trinajstić information content (AvgIpc) is 2.93. The molecule has 1 amide bonds. The second-order valence-electron chi connectivity index (χ2n) is 5.84. The van der Waals surface area contributed by atoms with Crippen molar-refractivity contribution < 1.29 is 31.5 Å². The monoisotopic (exact) mass is 378 g/mol. The van der Waals surface area contributed by atoms with Crippen LogP contribution in [0.1, 0.15) is 10.4 Å². The molecule has 25 heavy (non-hydrogen) atoms. The predicted molar refractivity (Wildman–Crippen MR) is 86.1 cm³/mol. The number of carbonyl (C=O) groups is 1. The number of amides is 1. The number of rotatable bonds is 7. The van der Waals surface area contributed by atoms with E-state index in [1.165, 1.54) is 38.4 Å². The van der Waals surface area contributed by atoms with Crippen molar-refractivity contribution in [1.29, 1.82) is 0 Å². The van der Waals surface area contributed by atoms with Crippen LogP contribution < -0.4 is 10.1 Å². The molecule has 1 N–H and O–H groups in total. The lowest BCUT2D eigenvalue weighted by Gasteiger charge is -2.21. The number of nitrogens with zero attached hydrogens (tertiary/aromatic N) is 1. The van der Waals surface area contributed by atoms with Crippen LogP contribution in [-0.4, -0.2) is 64.3 Å². The topological polar surface area (TPSA) is 84.9 Å². The number of hydrogen-bond acceptors (Lipinski definition) is 5. The highest BCUT2D eigenvalue weighted by molar-refractivity contribution is 7.89. The summed E-state index contributed by atoms with van der Waals surface area (Å²) in [5.74, 6) is -0.985. The van der Waals surface area contributed by atoms with E-state index in [-0.39, 0.29) is 36.2 Å². The van der Waals surface area contributed by atoms with E-state index in [0.29, 0.717) is 0 Å². The largest absolute Gasteiger partial charge is 0.435 e. The maximum atomic E-state index is 12.3. The second-order valence-corrected chi connectivity index (χ2v) is 8.07. The zero-order valence-corrected chi connectivity index (χ0v) is 14.6. The van der Waals surface area contributed by atoms with E-state index in [1.807, 2.05) is 0 Å². The Morgan fingerprint density at radius 1 is 1.32 bits per heavy atom. The van der Waals surface area contributed by atoms with Crippen molar-refractivity contribution >= 4 is 15.9 Å². The Hall–Kier alpha value is -1.78. The summed E-state index contributed by atoms with van der Waals surface area (Å²) in [5.41, 5.74) is 0.253. The van der Waals surface area contributed by atoms with E-state index < -0.39 is 28.6 Å². The third-order valence-electron chi connectivity index (χ3n) is 3.84. The Kier molecular flexibility index (Phi) is 6.31. The number of alkyl halides is 2. The lowest BCUT2D eigenvalue weighted by atomic mass is 10.1. The molecule has 1 heterocycles. The average molecular weight is 378 g/mol.